The molecule has 1 rings (SSSR count). The first-order chi connectivity index (χ1) is 8.24. The molecule has 0 aromatic heterocycles. The van der Waals surface area contributed by atoms with Gasteiger partial charge in [-0.05, 0) is 12.1 Å². The van der Waals surface area contributed by atoms with Crippen molar-refractivity contribution in [2.24, 2.45) is 0 Å². The molecule has 0 saturated heterocycles. The van der Waals surface area contributed by atoms with Crippen molar-refractivity contribution in [1.29, 1.82) is 0 Å². The summed E-state index contributed by atoms with van der Waals surface area (Å²) >= 11 is 2.51. The molecule has 0 spiro atoms. The van der Waals surface area contributed by atoms with Gasteiger partial charge in [-0.25, -0.2) is 8.42 Å². The zero-order valence-electron chi connectivity index (χ0n) is 8.40. The van der Waals surface area contributed by atoms with Crippen molar-refractivity contribution in [2.45, 2.75) is 17.2 Å². The molecule has 0 saturated carbocycles. The molecule has 11 heteroatoms. The van der Waals surface area contributed by atoms with E-state index in [0.29, 0.717) is 6.07 Å². The third kappa shape index (κ3) is 3.76. The zero-order valence-corrected chi connectivity index (χ0v) is 11.6. The number of benzene rings is 1. The molecular formula is C8H2BrClF6O2S. The monoisotopic (exact) mass is 390 g/mol. The molecule has 0 fully saturated rings. The van der Waals surface area contributed by atoms with Crippen molar-refractivity contribution in [3.05, 3.63) is 27.7 Å². The predicted molar refractivity (Wildman–Crippen MR) is 57.2 cm³/mol. The second kappa shape index (κ2) is 4.81. The average molecular weight is 392 g/mol. The molecular weight excluding hydrogens is 389 g/mol. The van der Waals surface area contributed by atoms with E-state index in [9.17, 15) is 34.8 Å². The summed E-state index contributed by atoms with van der Waals surface area (Å²) in [6, 6.07) is 0.495. The van der Waals surface area contributed by atoms with Crippen LogP contribution in [0.25, 0.3) is 0 Å². The van der Waals surface area contributed by atoms with Crippen LogP contribution in [0, 0.1) is 0 Å². The van der Waals surface area contributed by atoms with Gasteiger partial charge in [0.2, 0.25) is 0 Å². The van der Waals surface area contributed by atoms with E-state index in [0.717, 1.165) is 0 Å². The summed E-state index contributed by atoms with van der Waals surface area (Å²) in [7, 11) is -0.252. The third-order valence-electron chi connectivity index (χ3n) is 1.92. The predicted octanol–water partition coefficient (Wildman–Crippen LogP) is 4.41. The fourth-order valence-corrected chi connectivity index (χ4v) is 3.00. The van der Waals surface area contributed by atoms with E-state index in [-0.39, 0.29) is 6.07 Å². The van der Waals surface area contributed by atoms with Gasteiger partial charge < -0.3 is 0 Å². The van der Waals surface area contributed by atoms with Gasteiger partial charge in [-0.15, -0.1) is 0 Å². The second-order valence-corrected chi connectivity index (χ2v) is 6.71. The molecule has 0 radical (unpaired) electrons. The van der Waals surface area contributed by atoms with Gasteiger partial charge in [0.25, 0.3) is 9.05 Å². The normalized spacial score (nSPS) is 13.7. The Morgan fingerprint density at radius 1 is 1.00 bits per heavy atom. The van der Waals surface area contributed by atoms with Gasteiger partial charge in [-0.1, -0.05) is 15.9 Å². The Morgan fingerprint density at radius 3 is 1.79 bits per heavy atom. The molecule has 2 nitrogen and oxygen atoms in total. The van der Waals surface area contributed by atoms with Crippen LogP contribution in [0.1, 0.15) is 11.1 Å². The van der Waals surface area contributed by atoms with Crippen LogP contribution in [0.15, 0.2) is 21.5 Å². The van der Waals surface area contributed by atoms with Crippen molar-refractivity contribution in [2.75, 3.05) is 0 Å². The van der Waals surface area contributed by atoms with Gasteiger partial charge in [-0.2, -0.15) is 26.3 Å². The van der Waals surface area contributed by atoms with Crippen LogP contribution in [-0.4, -0.2) is 8.42 Å². The van der Waals surface area contributed by atoms with Crippen molar-refractivity contribution in [3.8, 4) is 0 Å². The maximum absolute atomic E-state index is 12.7. The highest BCUT2D eigenvalue weighted by molar-refractivity contribution is 9.10. The minimum absolute atomic E-state index is 0.133. The highest BCUT2D eigenvalue weighted by Gasteiger charge is 2.47. The van der Waals surface area contributed by atoms with E-state index >= 15 is 0 Å². The molecule has 108 valence electrons. The molecule has 0 N–H and O–H groups in total. The molecule has 0 amide bonds. The number of halogens is 8. The van der Waals surface area contributed by atoms with Gasteiger partial charge in [0.15, 0.2) is 0 Å². The Hall–Kier alpha value is -0.480. The van der Waals surface area contributed by atoms with E-state index < -0.39 is 41.9 Å². The minimum Gasteiger partial charge on any atom is -0.207 e. The maximum Gasteiger partial charge on any atom is 0.418 e. The first-order valence-corrected chi connectivity index (χ1v) is 7.27. The van der Waals surface area contributed by atoms with Gasteiger partial charge in [-0.3, -0.25) is 0 Å². The largest absolute Gasteiger partial charge is 0.418 e. The van der Waals surface area contributed by atoms with Crippen LogP contribution in [0.5, 0.6) is 0 Å². The van der Waals surface area contributed by atoms with Crippen LogP contribution >= 0.6 is 26.6 Å². The molecule has 0 atom stereocenters. The summed E-state index contributed by atoms with van der Waals surface area (Å²) in [6.07, 6.45) is -10.9. The van der Waals surface area contributed by atoms with E-state index in [4.69, 9.17) is 10.7 Å². The Kier molecular flexibility index (Phi) is 4.20. The molecule has 0 unspecified atom stereocenters. The lowest BCUT2D eigenvalue weighted by Crippen LogP contribution is -2.20. The van der Waals surface area contributed by atoms with Crippen molar-refractivity contribution < 1.29 is 34.8 Å². The zero-order chi connectivity index (χ0) is 15.2. The van der Waals surface area contributed by atoms with E-state index in [1.807, 2.05) is 0 Å². The lowest BCUT2D eigenvalue weighted by Gasteiger charge is -2.18. The average Bonchev–Trinajstić information content (AvgIpc) is 2.11. The minimum atomic E-state index is -5.52. The standard InChI is InChI=1S/C8H2BrClF6O2S/c9-3-1-4(7(11,12)13)6(8(14,15)16)5(2-3)19(10,17)18/h1-2H. The van der Waals surface area contributed by atoms with Crippen LogP contribution in [0.4, 0.5) is 26.3 Å². The van der Waals surface area contributed by atoms with Gasteiger partial charge in [0, 0.05) is 15.2 Å². The summed E-state index contributed by atoms with van der Waals surface area (Å²) in [5, 5.41) is 0. The van der Waals surface area contributed by atoms with Gasteiger partial charge >= 0.3 is 12.4 Å². The Bertz CT molecular complexity index is 607. The molecule has 0 aliphatic heterocycles. The molecule has 0 aliphatic rings. The first kappa shape index (κ1) is 16.6. The summed E-state index contributed by atoms with van der Waals surface area (Å²) in [5.41, 5.74) is -4.47. The van der Waals surface area contributed by atoms with Crippen molar-refractivity contribution in [3.63, 3.8) is 0 Å². The van der Waals surface area contributed by atoms with Crippen molar-refractivity contribution >= 4 is 35.7 Å². The lowest BCUT2D eigenvalue weighted by molar-refractivity contribution is -0.163. The molecule has 1 aromatic rings. The molecule has 1 aromatic carbocycles. The number of alkyl halides is 6. The van der Waals surface area contributed by atoms with Crippen LogP contribution in [-0.2, 0) is 21.4 Å². The SMILES string of the molecule is O=S(=O)(Cl)c1cc(Br)cc(C(F)(F)F)c1C(F)(F)F. The molecule has 19 heavy (non-hydrogen) atoms. The van der Waals surface area contributed by atoms with Gasteiger partial charge in [0.1, 0.15) is 0 Å². The van der Waals surface area contributed by atoms with E-state index in [1.54, 1.807) is 0 Å². The highest BCUT2D eigenvalue weighted by Crippen LogP contribution is 2.45. The summed E-state index contributed by atoms with van der Waals surface area (Å²) < 4.78 is 97.2. The number of rotatable bonds is 1. The quantitative estimate of drug-likeness (QED) is 0.525. The summed E-state index contributed by atoms with van der Waals surface area (Å²) in [4.78, 5) is -1.65. The van der Waals surface area contributed by atoms with Crippen LogP contribution < -0.4 is 0 Å². The fraction of sp³-hybridized carbons (Fsp3) is 0.250. The van der Waals surface area contributed by atoms with Gasteiger partial charge in [0.05, 0.1) is 16.0 Å². The summed E-state index contributed by atoms with van der Waals surface area (Å²) in [6.45, 7) is 0. The molecule has 0 bridgehead atoms. The Balaban J connectivity index is 3.91. The number of hydrogen-bond acceptors (Lipinski definition) is 2. The van der Waals surface area contributed by atoms with Crippen LogP contribution in [0.2, 0.25) is 0 Å². The fourth-order valence-electron chi connectivity index (χ4n) is 1.29. The number of hydrogen-bond donors (Lipinski definition) is 0. The highest BCUT2D eigenvalue weighted by atomic mass is 79.9. The Morgan fingerprint density at radius 2 is 1.47 bits per heavy atom. The first-order valence-electron chi connectivity index (χ1n) is 4.17. The maximum atomic E-state index is 12.7. The summed E-state index contributed by atoms with van der Waals surface area (Å²) in [5.74, 6) is 0. The van der Waals surface area contributed by atoms with E-state index in [1.165, 1.54) is 0 Å². The van der Waals surface area contributed by atoms with Crippen molar-refractivity contribution in [1.82, 2.24) is 0 Å². The topological polar surface area (TPSA) is 34.1 Å². The second-order valence-electron chi connectivity index (χ2n) is 3.26. The molecule has 0 aliphatic carbocycles. The lowest BCUT2D eigenvalue weighted by atomic mass is 10.1. The smallest absolute Gasteiger partial charge is 0.207 e. The third-order valence-corrected chi connectivity index (χ3v) is 3.72. The molecule has 0 heterocycles. The van der Waals surface area contributed by atoms with Crippen LogP contribution in [0.3, 0.4) is 0 Å². The Labute approximate surface area is 115 Å². The van der Waals surface area contributed by atoms with E-state index in [2.05, 4.69) is 15.9 Å².